The molecule has 0 radical (unpaired) electrons. The van der Waals surface area contributed by atoms with Gasteiger partial charge in [0, 0.05) is 37.7 Å². The Bertz CT molecular complexity index is 764. The zero-order valence-electron chi connectivity index (χ0n) is 15.2. The van der Waals surface area contributed by atoms with Gasteiger partial charge in [-0.25, -0.2) is 8.42 Å². The van der Waals surface area contributed by atoms with Gasteiger partial charge in [0.1, 0.15) is 0 Å². The third kappa shape index (κ3) is 5.03. The number of benzene rings is 1. The summed E-state index contributed by atoms with van der Waals surface area (Å²) in [4.78, 5) is 26.7. The molecule has 2 aliphatic heterocycles. The van der Waals surface area contributed by atoms with Crippen molar-refractivity contribution in [3.63, 3.8) is 0 Å². The lowest BCUT2D eigenvalue weighted by atomic mass is 9.99. The molecule has 0 aromatic heterocycles. The Hall–Kier alpha value is -1.58. The molecule has 1 aromatic rings. The third-order valence-corrected chi connectivity index (χ3v) is 7.74. The van der Waals surface area contributed by atoms with Crippen molar-refractivity contribution in [3.05, 3.63) is 30.3 Å². The molecule has 0 spiro atoms. The van der Waals surface area contributed by atoms with Gasteiger partial charge in [0.2, 0.25) is 21.8 Å². The number of nitrogens with zero attached hydrogens (tertiary/aromatic N) is 2. The Morgan fingerprint density at radius 3 is 2.52 bits per heavy atom. The molecule has 3 rings (SSSR count). The van der Waals surface area contributed by atoms with Gasteiger partial charge in [0.05, 0.1) is 17.4 Å². The zero-order chi connectivity index (χ0) is 19.3. The number of hydrogen-bond acceptors (Lipinski definition) is 5. The van der Waals surface area contributed by atoms with Crippen molar-refractivity contribution in [3.8, 4) is 0 Å². The maximum Gasteiger partial charge on any atom is 0.243 e. The molecule has 2 heterocycles. The standard InChI is InChI=1S/C18H25N3O4S2/c22-17(20-9-11-26-12-10-20)13-19-18(23)15-5-4-8-21(14-15)27(24,25)16-6-2-1-3-7-16/h1-3,6-7,15H,4-5,8-14H2,(H,19,23)/t15-/m1/s1. The minimum Gasteiger partial charge on any atom is -0.347 e. The maximum absolute atomic E-state index is 12.8. The second kappa shape index (κ2) is 9.07. The van der Waals surface area contributed by atoms with E-state index in [0.29, 0.717) is 32.5 Å². The van der Waals surface area contributed by atoms with Gasteiger partial charge < -0.3 is 10.2 Å². The van der Waals surface area contributed by atoms with Crippen molar-refractivity contribution < 1.29 is 18.0 Å². The van der Waals surface area contributed by atoms with Crippen LogP contribution in [0.5, 0.6) is 0 Å². The molecule has 9 heteroatoms. The highest BCUT2D eigenvalue weighted by atomic mass is 32.2. The number of carbonyl (C=O) groups is 2. The molecule has 0 unspecified atom stereocenters. The summed E-state index contributed by atoms with van der Waals surface area (Å²) in [5.41, 5.74) is 0. The van der Waals surface area contributed by atoms with E-state index in [9.17, 15) is 18.0 Å². The average Bonchev–Trinajstić information content (AvgIpc) is 2.73. The van der Waals surface area contributed by atoms with Crippen molar-refractivity contribution in [2.45, 2.75) is 17.7 Å². The average molecular weight is 412 g/mol. The number of hydrogen-bond donors (Lipinski definition) is 1. The van der Waals surface area contributed by atoms with Crippen LogP contribution in [0.2, 0.25) is 0 Å². The Kier molecular flexibility index (Phi) is 6.78. The SMILES string of the molecule is O=C(NCC(=O)N1CCSCC1)[C@@H]1CCCN(S(=O)(=O)c2ccccc2)C1. The van der Waals surface area contributed by atoms with E-state index in [4.69, 9.17) is 0 Å². The summed E-state index contributed by atoms with van der Waals surface area (Å²) < 4.78 is 26.9. The molecular formula is C18H25N3O4S2. The lowest BCUT2D eigenvalue weighted by molar-refractivity contribution is -0.134. The number of sulfonamides is 1. The van der Waals surface area contributed by atoms with Gasteiger partial charge >= 0.3 is 0 Å². The monoisotopic (exact) mass is 411 g/mol. The van der Waals surface area contributed by atoms with E-state index < -0.39 is 15.9 Å². The van der Waals surface area contributed by atoms with Gasteiger partial charge in [-0.05, 0) is 25.0 Å². The summed E-state index contributed by atoms with van der Waals surface area (Å²) in [5, 5.41) is 2.70. The fraction of sp³-hybridized carbons (Fsp3) is 0.556. The molecule has 1 N–H and O–H groups in total. The van der Waals surface area contributed by atoms with Crippen LogP contribution in [0.25, 0.3) is 0 Å². The molecule has 2 amide bonds. The second-order valence-corrected chi connectivity index (χ2v) is 9.89. The highest BCUT2D eigenvalue weighted by molar-refractivity contribution is 7.99. The number of rotatable bonds is 5. The van der Waals surface area contributed by atoms with Crippen LogP contribution in [0.4, 0.5) is 0 Å². The molecule has 0 aliphatic carbocycles. The van der Waals surface area contributed by atoms with Gasteiger partial charge in [-0.15, -0.1) is 0 Å². The van der Waals surface area contributed by atoms with Crippen molar-refractivity contribution in [1.29, 1.82) is 0 Å². The summed E-state index contributed by atoms with van der Waals surface area (Å²) in [6.45, 7) is 1.96. The fourth-order valence-corrected chi connectivity index (χ4v) is 5.80. The fourth-order valence-electron chi connectivity index (χ4n) is 3.35. The molecule has 7 nitrogen and oxygen atoms in total. The maximum atomic E-state index is 12.8. The predicted octanol–water partition coefficient (Wildman–Crippen LogP) is 0.779. The Morgan fingerprint density at radius 1 is 1.11 bits per heavy atom. The van der Waals surface area contributed by atoms with Crippen LogP contribution in [0, 0.1) is 5.92 Å². The third-order valence-electron chi connectivity index (χ3n) is 4.91. The van der Waals surface area contributed by atoms with Crippen LogP contribution >= 0.6 is 11.8 Å². The van der Waals surface area contributed by atoms with Crippen LogP contribution in [0.3, 0.4) is 0 Å². The minimum atomic E-state index is -3.60. The van der Waals surface area contributed by atoms with Gasteiger partial charge in [-0.2, -0.15) is 16.1 Å². The zero-order valence-corrected chi connectivity index (χ0v) is 16.8. The van der Waals surface area contributed by atoms with E-state index in [1.54, 1.807) is 35.2 Å². The van der Waals surface area contributed by atoms with Crippen molar-refractivity contribution in [1.82, 2.24) is 14.5 Å². The number of carbonyl (C=O) groups excluding carboxylic acids is 2. The molecule has 0 saturated carbocycles. The van der Waals surface area contributed by atoms with Crippen molar-refractivity contribution in [2.24, 2.45) is 5.92 Å². The Labute approximate surface area is 164 Å². The smallest absolute Gasteiger partial charge is 0.243 e. The van der Waals surface area contributed by atoms with Gasteiger partial charge in [-0.3, -0.25) is 9.59 Å². The first-order valence-corrected chi connectivity index (χ1v) is 11.8. The highest BCUT2D eigenvalue weighted by Crippen LogP contribution is 2.23. The number of amides is 2. The molecule has 148 valence electrons. The largest absolute Gasteiger partial charge is 0.347 e. The molecule has 2 aliphatic rings. The first-order valence-electron chi connectivity index (χ1n) is 9.17. The molecular weight excluding hydrogens is 386 g/mol. The van der Waals surface area contributed by atoms with E-state index in [1.165, 1.54) is 4.31 Å². The molecule has 27 heavy (non-hydrogen) atoms. The number of piperidine rings is 1. The molecule has 1 atom stereocenters. The molecule has 2 saturated heterocycles. The second-order valence-electron chi connectivity index (χ2n) is 6.73. The first-order chi connectivity index (χ1) is 13.0. The highest BCUT2D eigenvalue weighted by Gasteiger charge is 2.33. The van der Waals surface area contributed by atoms with Crippen molar-refractivity contribution >= 4 is 33.6 Å². The van der Waals surface area contributed by atoms with Crippen LogP contribution in [-0.2, 0) is 19.6 Å². The van der Waals surface area contributed by atoms with E-state index >= 15 is 0 Å². The summed E-state index contributed by atoms with van der Waals surface area (Å²) in [7, 11) is -3.60. The predicted molar refractivity (Wildman–Crippen MR) is 105 cm³/mol. The minimum absolute atomic E-state index is 0.0224. The van der Waals surface area contributed by atoms with E-state index in [1.807, 2.05) is 11.8 Å². The van der Waals surface area contributed by atoms with Crippen LogP contribution in [0.15, 0.2) is 35.2 Å². The molecule has 1 aromatic carbocycles. The Balaban J connectivity index is 1.55. The van der Waals surface area contributed by atoms with Crippen molar-refractivity contribution in [2.75, 3.05) is 44.2 Å². The summed E-state index contributed by atoms with van der Waals surface area (Å²) >= 11 is 1.82. The number of thioether (sulfide) groups is 1. The van der Waals surface area contributed by atoms with Gasteiger partial charge in [0.15, 0.2) is 0 Å². The number of nitrogens with one attached hydrogen (secondary N) is 1. The summed E-state index contributed by atoms with van der Waals surface area (Å²) in [5.74, 6) is 1.10. The van der Waals surface area contributed by atoms with E-state index in [0.717, 1.165) is 11.5 Å². The summed E-state index contributed by atoms with van der Waals surface area (Å²) in [6, 6.07) is 8.27. The lowest BCUT2D eigenvalue weighted by Crippen LogP contribution is -2.48. The normalized spacial score (nSPS) is 21.6. The Morgan fingerprint density at radius 2 is 1.81 bits per heavy atom. The van der Waals surface area contributed by atoms with Crippen LogP contribution in [-0.4, -0.2) is 73.7 Å². The molecule has 0 bridgehead atoms. The lowest BCUT2D eigenvalue weighted by Gasteiger charge is -2.31. The van der Waals surface area contributed by atoms with E-state index in [2.05, 4.69) is 5.32 Å². The van der Waals surface area contributed by atoms with Crippen LogP contribution in [0.1, 0.15) is 12.8 Å². The summed E-state index contributed by atoms with van der Waals surface area (Å²) in [6.07, 6.45) is 1.25. The van der Waals surface area contributed by atoms with Crippen LogP contribution < -0.4 is 5.32 Å². The molecule has 2 fully saturated rings. The quantitative estimate of drug-likeness (QED) is 0.774. The van der Waals surface area contributed by atoms with E-state index in [-0.39, 0.29) is 29.8 Å². The van der Waals surface area contributed by atoms with Gasteiger partial charge in [0.25, 0.3) is 0 Å². The topological polar surface area (TPSA) is 86.8 Å². The first kappa shape index (κ1) is 20.2. The van der Waals surface area contributed by atoms with Gasteiger partial charge in [-0.1, -0.05) is 18.2 Å².